The first kappa shape index (κ1) is 14.0. The lowest BCUT2D eigenvalue weighted by molar-refractivity contribution is 0.401. The van der Waals surface area contributed by atoms with Gasteiger partial charge in [-0.15, -0.1) is 11.3 Å². The smallest absolute Gasteiger partial charge is 0.123 e. The predicted molar refractivity (Wildman–Crippen MR) is 80.0 cm³/mol. The molecule has 0 saturated heterocycles. The zero-order valence-electron chi connectivity index (χ0n) is 11.6. The second kappa shape index (κ2) is 6.68. The third-order valence-corrected chi connectivity index (χ3v) is 3.96. The van der Waals surface area contributed by atoms with Crippen molar-refractivity contribution in [2.24, 2.45) is 0 Å². The van der Waals surface area contributed by atoms with Crippen LogP contribution in [-0.2, 0) is 6.42 Å². The van der Waals surface area contributed by atoms with Gasteiger partial charge in [0.05, 0.1) is 12.1 Å². The normalized spacial score (nSPS) is 12.4. The van der Waals surface area contributed by atoms with Crippen molar-refractivity contribution < 1.29 is 4.74 Å². The summed E-state index contributed by atoms with van der Waals surface area (Å²) < 4.78 is 5.42. The van der Waals surface area contributed by atoms with Crippen LogP contribution in [0.4, 0.5) is 0 Å². The molecule has 0 saturated carbocycles. The van der Waals surface area contributed by atoms with Gasteiger partial charge in [0.2, 0.25) is 0 Å². The van der Waals surface area contributed by atoms with Gasteiger partial charge in [0.1, 0.15) is 5.75 Å². The molecule has 2 rings (SSSR count). The number of rotatable bonds is 6. The third kappa shape index (κ3) is 3.78. The summed E-state index contributed by atoms with van der Waals surface area (Å²) in [6.45, 7) is 5.19. The molecule has 0 aliphatic heterocycles. The molecule has 0 spiro atoms. The van der Waals surface area contributed by atoms with Crippen molar-refractivity contribution in [2.45, 2.75) is 26.3 Å². The van der Waals surface area contributed by atoms with Crippen LogP contribution >= 0.6 is 11.3 Å². The van der Waals surface area contributed by atoms with Gasteiger partial charge in [0.15, 0.2) is 0 Å². The van der Waals surface area contributed by atoms with Gasteiger partial charge < -0.3 is 10.1 Å². The molecule has 1 unspecified atom stereocenters. The summed E-state index contributed by atoms with van der Waals surface area (Å²) in [5.74, 6) is 0.944. The zero-order chi connectivity index (χ0) is 13.7. The van der Waals surface area contributed by atoms with Crippen LogP contribution in [-0.4, -0.2) is 18.6 Å². The average Bonchev–Trinajstić information content (AvgIpc) is 2.91. The largest absolute Gasteiger partial charge is 0.496 e. The Morgan fingerprint density at radius 3 is 2.95 bits per heavy atom. The molecule has 0 amide bonds. The Morgan fingerprint density at radius 1 is 1.42 bits per heavy atom. The molecular formula is C15H20N2OS. The minimum Gasteiger partial charge on any atom is -0.496 e. The monoisotopic (exact) mass is 276 g/mol. The van der Waals surface area contributed by atoms with E-state index in [9.17, 15) is 0 Å². The maximum atomic E-state index is 5.42. The number of ether oxygens (including phenoxy) is 1. The second-order valence-corrected chi connectivity index (χ2v) is 5.58. The predicted octanol–water partition coefficient (Wildman–Crippen LogP) is 3.35. The molecule has 0 radical (unpaired) electrons. The van der Waals surface area contributed by atoms with Crippen LogP contribution in [0, 0.1) is 6.92 Å². The lowest BCUT2D eigenvalue weighted by Crippen LogP contribution is -2.21. The lowest BCUT2D eigenvalue weighted by Gasteiger charge is -2.17. The van der Waals surface area contributed by atoms with Crippen molar-refractivity contribution in [1.82, 2.24) is 10.3 Å². The van der Waals surface area contributed by atoms with Crippen LogP contribution in [0.2, 0.25) is 0 Å². The number of aryl methyl sites for hydroxylation is 1. The van der Waals surface area contributed by atoms with Crippen molar-refractivity contribution in [2.75, 3.05) is 13.7 Å². The Kier molecular flexibility index (Phi) is 4.93. The molecule has 1 aromatic carbocycles. The van der Waals surface area contributed by atoms with Crippen LogP contribution in [0.15, 0.2) is 29.8 Å². The fraction of sp³-hybridized carbons (Fsp3) is 0.400. The van der Waals surface area contributed by atoms with Crippen LogP contribution in [0.25, 0.3) is 0 Å². The Bertz CT molecular complexity index is 511. The van der Waals surface area contributed by atoms with E-state index in [1.54, 1.807) is 18.4 Å². The molecule has 102 valence electrons. The molecule has 3 nitrogen and oxygen atoms in total. The number of nitrogens with zero attached hydrogens (tertiary/aromatic N) is 1. The van der Waals surface area contributed by atoms with E-state index in [1.807, 2.05) is 17.6 Å². The summed E-state index contributed by atoms with van der Waals surface area (Å²) in [6, 6.07) is 6.56. The number of benzene rings is 1. The van der Waals surface area contributed by atoms with E-state index < -0.39 is 0 Å². The highest BCUT2D eigenvalue weighted by Crippen LogP contribution is 2.25. The van der Waals surface area contributed by atoms with Crippen molar-refractivity contribution in [3.63, 3.8) is 0 Å². The Hall–Kier alpha value is -1.39. The van der Waals surface area contributed by atoms with Crippen molar-refractivity contribution in [3.05, 3.63) is 45.9 Å². The molecule has 19 heavy (non-hydrogen) atoms. The van der Waals surface area contributed by atoms with E-state index >= 15 is 0 Å². The van der Waals surface area contributed by atoms with Crippen molar-refractivity contribution in [1.29, 1.82) is 0 Å². The van der Waals surface area contributed by atoms with Crippen LogP contribution < -0.4 is 10.1 Å². The van der Waals surface area contributed by atoms with Gasteiger partial charge in [-0.3, -0.25) is 0 Å². The Labute approximate surface area is 118 Å². The number of nitrogens with one attached hydrogen (secondary N) is 1. The molecule has 0 aliphatic rings. The molecule has 2 aromatic rings. The number of aromatic nitrogens is 1. The first-order valence-corrected chi connectivity index (χ1v) is 7.35. The van der Waals surface area contributed by atoms with Crippen molar-refractivity contribution in [3.8, 4) is 5.75 Å². The summed E-state index contributed by atoms with van der Waals surface area (Å²) in [5, 5.41) is 6.72. The maximum absolute atomic E-state index is 5.42. The molecule has 0 aliphatic carbocycles. The molecule has 0 bridgehead atoms. The number of methoxy groups -OCH3 is 1. The van der Waals surface area contributed by atoms with Crippen LogP contribution in [0.5, 0.6) is 5.75 Å². The van der Waals surface area contributed by atoms with Gasteiger partial charge in [0.25, 0.3) is 0 Å². The second-order valence-electron chi connectivity index (χ2n) is 4.60. The number of hydrogen-bond acceptors (Lipinski definition) is 4. The van der Waals surface area contributed by atoms with Gasteiger partial charge in [-0.2, -0.15) is 0 Å². The standard InChI is InChI=1S/C15H20N2OS/c1-11-4-5-14(18-3)13(10-11)12(2)16-7-6-15-17-8-9-19-15/h4-5,8-10,12,16H,6-7H2,1-3H3. The van der Waals surface area contributed by atoms with Crippen molar-refractivity contribution >= 4 is 11.3 Å². The van der Waals surface area contributed by atoms with E-state index in [2.05, 4.69) is 36.3 Å². The molecule has 1 N–H and O–H groups in total. The summed E-state index contributed by atoms with van der Waals surface area (Å²) in [6.07, 6.45) is 2.82. The summed E-state index contributed by atoms with van der Waals surface area (Å²) in [5.41, 5.74) is 2.46. The minimum absolute atomic E-state index is 0.273. The van der Waals surface area contributed by atoms with E-state index in [1.165, 1.54) is 16.1 Å². The van der Waals surface area contributed by atoms with E-state index in [0.717, 1.165) is 18.7 Å². The summed E-state index contributed by atoms with van der Waals surface area (Å²) >= 11 is 1.70. The van der Waals surface area contributed by atoms with Crippen LogP contribution in [0.3, 0.4) is 0 Å². The number of hydrogen-bond donors (Lipinski definition) is 1. The topological polar surface area (TPSA) is 34.1 Å². The third-order valence-electron chi connectivity index (χ3n) is 3.12. The lowest BCUT2D eigenvalue weighted by atomic mass is 10.0. The van der Waals surface area contributed by atoms with E-state index in [0.29, 0.717) is 0 Å². The van der Waals surface area contributed by atoms with Crippen LogP contribution in [0.1, 0.15) is 29.1 Å². The first-order chi connectivity index (χ1) is 9.20. The number of thiazole rings is 1. The minimum atomic E-state index is 0.273. The highest BCUT2D eigenvalue weighted by Gasteiger charge is 2.11. The first-order valence-electron chi connectivity index (χ1n) is 6.47. The van der Waals surface area contributed by atoms with Gasteiger partial charge >= 0.3 is 0 Å². The molecule has 0 fully saturated rings. The van der Waals surface area contributed by atoms with Gasteiger partial charge in [-0.25, -0.2) is 4.98 Å². The van der Waals surface area contributed by atoms with E-state index in [-0.39, 0.29) is 6.04 Å². The Morgan fingerprint density at radius 2 is 2.26 bits per heavy atom. The quantitative estimate of drug-likeness (QED) is 0.878. The fourth-order valence-corrected chi connectivity index (χ4v) is 2.69. The molecule has 1 aromatic heterocycles. The van der Waals surface area contributed by atoms with Gasteiger partial charge in [-0.05, 0) is 19.9 Å². The highest BCUT2D eigenvalue weighted by atomic mass is 32.1. The van der Waals surface area contributed by atoms with Gasteiger partial charge in [0, 0.05) is 36.1 Å². The van der Waals surface area contributed by atoms with Gasteiger partial charge in [-0.1, -0.05) is 17.7 Å². The highest BCUT2D eigenvalue weighted by molar-refractivity contribution is 7.09. The Balaban J connectivity index is 1.95. The maximum Gasteiger partial charge on any atom is 0.123 e. The molecular weight excluding hydrogens is 256 g/mol. The summed E-state index contributed by atoms with van der Waals surface area (Å²) in [7, 11) is 1.72. The van der Waals surface area contributed by atoms with E-state index in [4.69, 9.17) is 4.74 Å². The summed E-state index contributed by atoms with van der Waals surface area (Å²) in [4.78, 5) is 4.29. The molecule has 1 heterocycles. The SMILES string of the molecule is COc1ccc(C)cc1C(C)NCCc1nccs1. The zero-order valence-corrected chi connectivity index (χ0v) is 12.5. The molecule has 4 heteroatoms. The molecule has 1 atom stereocenters. The average molecular weight is 276 g/mol. The fourth-order valence-electron chi connectivity index (χ4n) is 2.07.